The van der Waals surface area contributed by atoms with Gasteiger partial charge in [0.25, 0.3) is 0 Å². The summed E-state index contributed by atoms with van der Waals surface area (Å²) in [6, 6.07) is 13.5. The maximum absolute atomic E-state index is 13.7. The van der Waals surface area contributed by atoms with Gasteiger partial charge in [-0.15, -0.1) is 0 Å². The summed E-state index contributed by atoms with van der Waals surface area (Å²) in [6.45, 7) is 1.72. The molecule has 0 saturated carbocycles. The Balaban J connectivity index is 2.19. The molecule has 1 N–H and O–H groups in total. The molecule has 2 aromatic carbocycles. The SMILES string of the molecule is CC(c1ccc(-c2ccccc2F)cc1)[S+]([O-])CC(=O)O. The number of carbonyl (C=O) groups is 1. The van der Waals surface area contributed by atoms with Crippen molar-refractivity contribution in [3.8, 4) is 11.1 Å². The molecular formula is C16H15FO3S. The molecule has 0 radical (unpaired) electrons. The summed E-state index contributed by atoms with van der Waals surface area (Å²) in [5, 5.41) is 8.29. The van der Waals surface area contributed by atoms with Crippen molar-refractivity contribution in [3.63, 3.8) is 0 Å². The standard InChI is InChI=1S/C16H15FO3S/c1-11(21(20)10-16(18)19)12-6-8-13(9-7-12)14-4-2-3-5-15(14)17/h2-9,11H,10H2,1H3,(H,18,19). The van der Waals surface area contributed by atoms with E-state index in [4.69, 9.17) is 5.11 Å². The van der Waals surface area contributed by atoms with Gasteiger partial charge in [0.05, 0.1) is 0 Å². The average molecular weight is 306 g/mol. The lowest BCUT2D eigenvalue weighted by atomic mass is 10.0. The average Bonchev–Trinajstić information content (AvgIpc) is 2.46. The molecule has 110 valence electrons. The van der Waals surface area contributed by atoms with Crippen molar-refractivity contribution in [2.24, 2.45) is 0 Å². The van der Waals surface area contributed by atoms with Gasteiger partial charge in [-0.05, 0) is 29.7 Å². The van der Waals surface area contributed by atoms with Crippen LogP contribution in [-0.2, 0) is 16.0 Å². The molecule has 0 aromatic heterocycles. The van der Waals surface area contributed by atoms with Gasteiger partial charge >= 0.3 is 5.97 Å². The Morgan fingerprint density at radius 2 is 1.86 bits per heavy atom. The van der Waals surface area contributed by atoms with E-state index in [-0.39, 0.29) is 16.8 Å². The minimum atomic E-state index is -1.47. The van der Waals surface area contributed by atoms with Crippen molar-refractivity contribution in [2.75, 3.05) is 5.75 Å². The first-order valence-corrected chi connectivity index (χ1v) is 7.81. The van der Waals surface area contributed by atoms with Gasteiger partial charge in [0.1, 0.15) is 11.1 Å². The highest BCUT2D eigenvalue weighted by Crippen LogP contribution is 2.27. The number of hydrogen-bond donors (Lipinski definition) is 1. The van der Waals surface area contributed by atoms with E-state index in [1.165, 1.54) is 6.07 Å². The molecule has 2 aromatic rings. The van der Waals surface area contributed by atoms with Gasteiger partial charge in [-0.2, -0.15) is 0 Å². The van der Waals surface area contributed by atoms with Gasteiger partial charge in [-0.25, -0.2) is 9.18 Å². The number of carboxylic acids is 1. The minimum Gasteiger partial charge on any atom is -0.615 e. The van der Waals surface area contributed by atoms with E-state index < -0.39 is 17.1 Å². The third kappa shape index (κ3) is 3.83. The van der Waals surface area contributed by atoms with E-state index in [1.54, 1.807) is 49.4 Å². The Labute approximate surface area is 125 Å². The van der Waals surface area contributed by atoms with Crippen LogP contribution < -0.4 is 0 Å². The van der Waals surface area contributed by atoms with Crippen LogP contribution in [0.3, 0.4) is 0 Å². The molecule has 2 atom stereocenters. The smallest absolute Gasteiger partial charge is 0.353 e. The van der Waals surface area contributed by atoms with E-state index in [2.05, 4.69) is 0 Å². The van der Waals surface area contributed by atoms with Crippen LogP contribution in [0.5, 0.6) is 0 Å². The van der Waals surface area contributed by atoms with Gasteiger partial charge in [0.2, 0.25) is 5.75 Å². The summed E-state index contributed by atoms with van der Waals surface area (Å²) < 4.78 is 25.5. The predicted molar refractivity (Wildman–Crippen MR) is 80.9 cm³/mol. The van der Waals surface area contributed by atoms with Gasteiger partial charge in [-0.1, -0.05) is 42.5 Å². The van der Waals surface area contributed by atoms with Gasteiger partial charge in [0, 0.05) is 11.1 Å². The molecule has 0 aliphatic heterocycles. The zero-order chi connectivity index (χ0) is 15.4. The van der Waals surface area contributed by atoms with Crippen molar-refractivity contribution < 1.29 is 18.8 Å². The molecule has 0 spiro atoms. The second-order valence-electron chi connectivity index (χ2n) is 4.66. The van der Waals surface area contributed by atoms with E-state index in [9.17, 15) is 13.7 Å². The maximum atomic E-state index is 13.7. The molecule has 0 bridgehead atoms. The Morgan fingerprint density at radius 3 is 2.43 bits per heavy atom. The van der Waals surface area contributed by atoms with Crippen LogP contribution in [0, 0.1) is 5.82 Å². The fourth-order valence-corrected chi connectivity index (χ4v) is 2.98. The second-order valence-corrected chi connectivity index (χ2v) is 6.42. The molecule has 0 amide bonds. The summed E-state index contributed by atoms with van der Waals surface area (Å²) >= 11 is -1.47. The molecule has 2 rings (SSSR count). The van der Waals surface area contributed by atoms with Crippen molar-refractivity contribution in [2.45, 2.75) is 12.2 Å². The minimum absolute atomic E-state index is 0.298. The zero-order valence-electron chi connectivity index (χ0n) is 11.5. The van der Waals surface area contributed by atoms with Crippen LogP contribution in [-0.4, -0.2) is 21.4 Å². The monoisotopic (exact) mass is 306 g/mol. The topological polar surface area (TPSA) is 60.4 Å². The molecule has 0 fully saturated rings. The third-order valence-electron chi connectivity index (χ3n) is 3.23. The van der Waals surface area contributed by atoms with Crippen molar-refractivity contribution in [1.82, 2.24) is 0 Å². The molecule has 21 heavy (non-hydrogen) atoms. The Bertz CT molecular complexity index is 628. The third-order valence-corrected chi connectivity index (χ3v) is 4.82. The first-order chi connectivity index (χ1) is 9.99. The molecular weight excluding hydrogens is 291 g/mol. The summed E-state index contributed by atoms with van der Waals surface area (Å²) in [4.78, 5) is 10.6. The van der Waals surface area contributed by atoms with Crippen molar-refractivity contribution in [1.29, 1.82) is 0 Å². The van der Waals surface area contributed by atoms with Crippen molar-refractivity contribution in [3.05, 3.63) is 59.9 Å². The van der Waals surface area contributed by atoms with E-state index in [0.29, 0.717) is 5.56 Å². The normalized spacial score (nSPS) is 13.7. The highest BCUT2D eigenvalue weighted by Gasteiger charge is 2.22. The van der Waals surface area contributed by atoms with Crippen LogP contribution in [0.1, 0.15) is 17.7 Å². The number of halogens is 1. The lowest BCUT2D eigenvalue weighted by Gasteiger charge is -2.17. The summed E-state index contributed by atoms with van der Waals surface area (Å²) in [6.07, 6.45) is 0. The zero-order valence-corrected chi connectivity index (χ0v) is 12.3. The van der Waals surface area contributed by atoms with Crippen LogP contribution in [0.2, 0.25) is 0 Å². The number of benzene rings is 2. The molecule has 0 heterocycles. The molecule has 5 heteroatoms. The molecule has 2 unspecified atom stereocenters. The quantitative estimate of drug-likeness (QED) is 0.861. The molecule has 3 nitrogen and oxygen atoms in total. The van der Waals surface area contributed by atoms with Gasteiger partial charge in [0.15, 0.2) is 0 Å². The van der Waals surface area contributed by atoms with E-state index in [0.717, 1.165) is 11.1 Å². The highest BCUT2D eigenvalue weighted by atomic mass is 32.2. The lowest BCUT2D eigenvalue weighted by Crippen LogP contribution is -2.20. The fourth-order valence-electron chi connectivity index (χ4n) is 2.03. The number of carboxylic acid groups (broad SMARTS) is 1. The summed E-state index contributed by atoms with van der Waals surface area (Å²) in [7, 11) is 0. The second kappa shape index (κ2) is 6.74. The summed E-state index contributed by atoms with van der Waals surface area (Å²) in [5.41, 5.74) is 2.01. The van der Waals surface area contributed by atoms with Crippen LogP contribution in [0.15, 0.2) is 48.5 Å². The molecule has 0 aliphatic rings. The predicted octanol–water partition coefficient (Wildman–Crippen LogP) is 3.39. The van der Waals surface area contributed by atoms with E-state index >= 15 is 0 Å². The Morgan fingerprint density at radius 1 is 1.24 bits per heavy atom. The fraction of sp³-hybridized carbons (Fsp3) is 0.188. The van der Waals surface area contributed by atoms with Crippen LogP contribution >= 0.6 is 0 Å². The maximum Gasteiger partial charge on any atom is 0.353 e. The van der Waals surface area contributed by atoms with Crippen LogP contribution in [0.4, 0.5) is 4.39 Å². The van der Waals surface area contributed by atoms with Crippen molar-refractivity contribution >= 4 is 17.1 Å². The molecule has 0 aliphatic carbocycles. The van der Waals surface area contributed by atoms with Gasteiger partial charge in [-0.3, -0.25) is 0 Å². The Kier molecular flexibility index (Phi) is 4.98. The molecule has 0 saturated heterocycles. The van der Waals surface area contributed by atoms with Gasteiger partial charge < -0.3 is 9.66 Å². The largest absolute Gasteiger partial charge is 0.615 e. The summed E-state index contributed by atoms with van der Waals surface area (Å²) in [5.74, 6) is -1.76. The van der Waals surface area contributed by atoms with Crippen LogP contribution in [0.25, 0.3) is 11.1 Å². The van der Waals surface area contributed by atoms with E-state index in [1.807, 2.05) is 0 Å². The lowest BCUT2D eigenvalue weighted by molar-refractivity contribution is -0.134. The number of hydrogen-bond acceptors (Lipinski definition) is 2. The number of rotatable bonds is 5. The number of aliphatic carboxylic acids is 1. The Hall–Kier alpha value is -1.85. The highest BCUT2D eigenvalue weighted by molar-refractivity contribution is 7.92. The first-order valence-electron chi connectivity index (χ1n) is 6.43. The first kappa shape index (κ1) is 15.5.